The van der Waals surface area contributed by atoms with E-state index in [-0.39, 0.29) is 23.0 Å². The Balaban J connectivity index is 0.000000134. The number of nitrogens with zero attached hydrogens (tertiary/aromatic N) is 14. The number of halogens is 4. The van der Waals surface area contributed by atoms with E-state index in [2.05, 4.69) is 156 Å². The highest BCUT2D eigenvalue weighted by atomic mass is 32.1. The van der Waals surface area contributed by atoms with Crippen molar-refractivity contribution < 1.29 is 22.3 Å². The normalized spacial score (nSPS) is 9.91. The minimum absolute atomic E-state index is 0.267. The lowest BCUT2D eigenvalue weighted by molar-refractivity contribution is 0.415. The van der Waals surface area contributed by atoms with Gasteiger partial charge in [0.1, 0.15) is 63.2 Å². The second-order valence-electron chi connectivity index (χ2n) is 27.8. The van der Waals surface area contributed by atoms with Crippen LogP contribution in [-0.2, 0) is 0 Å². The van der Waals surface area contributed by atoms with Crippen LogP contribution in [0.25, 0.3) is 67.5 Å². The number of aryl methyl sites for hydroxylation is 7. The maximum Gasteiger partial charge on any atom is 0.132 e. The molecule has 131 heavy (non-hydrogen) atoms. The number of benzene rings is 6. The Hall–Kier alpha value is -16.1. The summed E-state index contributed by atoms with van der Waals surface area (Å²) in [5.74, 6) is 35.5. The summed E-state index contributed by atoms with van der Waals surface area (Å²) < 4.78 is 59.0. The van der Waals surface area contributed by atoms with Gasteiger partial charge in [0.25, 0.3) is 0 Å². The summed E-state index contributed by atoms with van der Waals surface area (Å²) in [6.45, 7) is 13.8. The Morgan fingerprint density at radius 3 is 0.954 bits per heavy atom. The van der Waals surface area contributed by atoms with E-state index in [1.807, 2.05) is 177 Å². The molecular weight excluding hydrogens is 1750 g/mol. The molecule has 0 amide bonds. The third-order valence-corrected chi connectivity index (χ3v) is 22.7. The van der Waals surface area contributed by atoms with Crippen molar-refractivity contribution in [2.75, 3.05) is 7.11 Å². The summed E-state index contributed by atoms with van der Waals surface area (Å²) in [5, 5.41) is 35.6. The summed E-state index contributed by atoms with van der Waals surface area (Å²) in [7, 11) is 1.55. The largest absolute Gasteiger partial charge is 0.496 e. The maximum absolute atomic E-state index is 13.7. The van der Waals surface area contributed by atoms with Crippen molar-refractivity contribution in [1.82, 2.24) is 59.8 Å². The summed E-state index contributed by atoms with van der Waals surface area (Å²) >= 11 is 9.46. The maximum atomic E-state index is 13.7. The summed E-state index contributed by atoms with van der Waals surface area (Å²) in [6.07, 6.45) is 10.1. The van der Waals surface area contributed by atoms with E-state index >= 15 is 0 Å². The van der Waals surface area contributed by atoms with Gasteiger partial charge in [0.05, 0.1) is 94.6 Å². The lowest BCUT2D eigenvalue weighted by Gasteiger charge is -2.07. The number of nitriles is 2. The third-order valence-electron chi connectivity index (χ3n) is 18.1. The van der Waals surface area contributed by atoms with Gasteiger partial charge in [0.15, 0.2) is 0 Å². The molecule has 0 saturated heterocycles. The fourth-order valence-electron chi connectivity index (χ4n) is 11.8. The Bertz CT molecular complexity index is 7410. The molecule has 0 aliphatic rings. The van der Waals surface area contributed by atoms with Crippen molar-refractivity contribution in [3.63, 3.8) is 0 Å². The summed E-state index contributed by atoms with van der Waals surface area (Å²) in [4.78, 5) is 51.9. The van der Waals surface area contributed by atoms with Crippen LogP contribution >= 0.6 is 68.0 Å². The van der Waals surface area contributed by atoms with Crippen LogP contribution in [0, 0.1) is 165 Å². The zero-order valence-electron chi connectivity index (χ0n) is 71.2. The molecular formula is C106H70F4N14OS6. The Labute approximate surface area is 779 Å². The summed E-state index contributed by atoms with van der Waals surface area (Å²) in [6, 6.07) is 63.6. The number of methoxy groups -OCH3 is 1. The van der Waals surface area contributed by atoms with E-state index in [1.54, 1.807) is 167 Å². The zero-order valence-corrected chi connectivity index (χ0v) is 76.1. The van der Waals surface area contributed by atoms with Crippen molar-refractivity contribution >= 4 is 68.0 Å². The Morgan fingerprint density at radius 1 is 0.267 bits per heavy atom. The van der Waals surface area contributed by atoms with Gasteiger partial charge in [-0.2, -0.15) is 10.5 Å². The number of hydrogen-bond acceptors (Lipinski definition) is 21. The lowest BCUT2D eigenvalue weighted by Crippen LogP contribution is -1.91. The van der Waals surface area contributed by atoms with Crippen LogP contribution in [0.3, 0.4) is 0 Å². The number of ether oxygens (including phenoxy) is 1. The molecule has 0 spiro atoms. The van der Waals surface area contributed by atoms with Crippen molar-refractivity contribution in [1.29, 1.82) is 10.5 Å². The number of aromatic nitrogens is 12. The van der Waals surface area contributed by atoms with E-state index in [1.165, 1.54) is 48.0 Å². The van der Waals surface area contributed by atoms with Crippen LogP contribution in [-0.4, -0.2) is 66.9 Å². The van der Waals surface area contributed by atoms with Crippen molar-refractivity contribution in [3.8, 4) is 156 Å². The highest BCUT2D eigenvalue weighted by molar-refractivity contribution is 7.11. The fraction of sp³-hybridized carbons (Fsp3) is 0.0755. The molecule has 634 valence electrons. The van der Waals surface area contributed by atoms with Gasteiger partial charge in [-0.1, -0.05) is 102 Å². The molecule has 0 aliphatic heterocycles. The molecule has 0 radical (unpaired) electrons. The van der Waals surface area contributed by atoms with Crippen LogP contribution in [0.15, 0.2) is 276 Å². The average molecular weight is 1820 g/mol. The number of rotatable bonds is 7. The fourth-order valence-corrected chi connectivity index (χ4v) is 15.1. The monoisotopic (exact) mass is 1820 g/mol. The number of pyridine rings is 6. The van der Waals surface area contributed by atoms with Gasteiger partial charge in [-0.15, -0.1) is 68.0 Å². The standard InChI is InChI=1S/C18H10FN3S.C18H13FN2OS.C18H11N3S.C18H14N2S.2C17H11FN2S/c1-12-22-17(11-23-12)4-2-13-3-5-18(21-10-13)15-6-14(9-20)7-16(19)8-15;1-12-21-15(11-23-12)6-3-13-4-7-17(20-10-13)16-9-14(19)5-8-18(16)22-2;1-13-21-16(12-22-13)8-6-14-7-9-18(20-11-14)17-5-3-2-4-15(17)10-19;1-13-5-3-4-6-17(13)18-10-8-15(11-19-18)7-9-16-12-21-14(2)20-16;1-12-20-16(11-21-12)7-5-13-6-8-17(19-10-13)14-3-2-4-15(18)9-14;1-12-20-14(11-21-12)8-6-13-7-9-17(19-10-13)15-4-2-3-5-16(15)18/h3,5-8,10-11H,1H3;4-5,7-11H,1-2H3;2-5,7,9,11-12H,1H3;3-6,8,10-12H,1-2H3;2-4,6,8-11H,1H3;2-5,7,9-11H,1H3. The molecule has 0 bridgehead atoms. The topological polar surface area (TPSA) is 211 Å². The molecule has 18 aromatic rings. The number of thiazole rings is 6. The lowest BCUT2D eigenvalue weighted by atomic mass is 10.0. The van der Waals surface area contributed by atoms with Crippen molar-refractivity contribution in [2.24, 2.45) is 0 Å². The van der Waals surface area contributed by atoms with Gasteiger partial charge >= 0.3 is 0 Å². The van der Waals surface area contributed by atoms with Gasteiger partial charge in [-0.3, -0.25) is 29.9 Å². The predicted molar refractivity (Wildman–Crippen MR) is 516 cm³/mol. The van der Waals surface area contributed by atoms with Crippen LogP contribution < -0.4 is 4.74 Å². The third kappa shape index (κ3) is 27.9. The molecule has 0 N–H and O–H groups in total. The molecule has 0 unspecified atom stereocenters. The minimum atomic E-state index is -0.455. The highest BCUT2D eigenvalue weighted by Gasteiger charge is 2.13. The second kappa shape index (κ2) is 46.4. The first-order valence-electron chi connectivity index (χ1n) is 39.7. The Morgan fingerprint density at radius 2 is 0.603 bits per heavy atom. The smallest absolute Gasteiger partial charge is 0.132 e. The molecule has 6 aromatic carbocycles. The SMILES string of the molecule is COc1ccc(F)cc1-c1ccc(C#Cc2csc(C)n2)cn1.Cc1nc(C#Cc2ccc(-c3cc(F)cc(C#N)c3)nc2)cs1.Cc1nc(C#Cc2ccc(-c3cccc(F)c3)nc2)cs1.Cc1nc(C#Cc2ccc(-c3ccccc3C#N)nc2)cs1.Cc1nc(C#Cc2ccc(-c3ccccc3C)nc2)cs1.Cc1nc(C#Cc2ccc(-c3ccccc3F)nc2)cs1. The van der Waals surface area contributed by atoms with Gasteiger partial charge in [-0.25, -0.2) is 47.5 Å². The first kappa shape index (κ1) is 92.5. The zero-order chi connectivity index (χ0) is 91.8. The van der Waals surface area contributed by atoms with Crippen molar-refractivity contribution in [2.45, 2.75) is 48.5 Å². The molecule has 0 saturated carbocycles. The van der Waals surface area contributed by atoms with E-state index in [9.17, 15) is 17.6 Å². The van der Waals surface area contributed by atoms with E-state index in [0.29, 0.717) is 45.1 Å². The minimum Gasteiger partial charge on any atom is -0.496 e. The number of hydrogen-bond donors (Lipinski definition) is 0. The molecule has 18 rings (SSSR count). The van der Waals surface area contributed by atoms with Crippen LogP contribution in [0.2, 0.25) is 0 Å². The van der Waals surface area contributed by atoms with Crippen LogP contribution in [0.1, 0.15) is 114 Å². The van der Waals surface area contributed by atoms with Crippen molar-refractivity contribution in [3.05, 3.63) is 413 Å². The van der Waals surface area contributed by atoms with Gasteiger partial charge in [0.2, 0.25) is 0 Å². The second-order valence-corrected chi connectivity index (χ2v) is 34.1. The molecule has 15 nitrogen and oxygen atoms in total. The summed E-state index contributed by atoms with van der Waals surface area (Å²) in [5.41, 5.74) is 20.3. The molecule has 12 heterocycles. The van der Waals surface area contributed by atoms with Gasteiger partial charge < -0.3 is 4.74 Å². The molecule has 0 aliphatic carbocycles. The van der Waals surface area contributed by atoms with E-state index in [4.69, 9.17) is 15.3 Å². The molecule has 0 atom stereocenters. The van der Waals surface area contributed by atoms with Crippen LogP contribution in [0.5, 0.6) is 5.75 Å². The first-order valence-corrected chi connectivity index (χ1v) is 45.0. The predicted octanol–water partition coefficient (Wildman–Crippen LogP) is 24.1. The van der Waals surface area contributed by atoms with Crippen LogP contribution in [0.4, 0.5) is 17.6 Å². The van der Waals surface area contributed by atoms with Gasteiger partial charge in [0, 0.05) is 136 Å². The van der Waals surface area contributed by atoms with E-state index in [0.717, 1.165) is 131 Å². The highest BCUT2D eigenvalue weighted by Crippen LogP contribution is 2.31. The van der Waals surface area contributed by atoms with Gasteiger partial charge in [-0.05, 0) is 229 Å². The molecule has 12 aromatic heterocycles. The van der Waals surface area contributed by atoms with E-state index < -0.39 is 5.82 Å². The molecule has 25 heteroatoms. The average Bonchev–Trinajstić information content (AvgIpc) is 1.44. The Kier molecular flexibility index (Phi) is 32.7. The molecule has 0 fully saturated rings. The quantitative estimate of drug-likeness (QED) is 0.107. The first-order chi connectivity index (χ1) is 63.7.